The monoisotopic (exact) mass is 605 g/mol. The van der Waals surface area contributed by atoms with Crippen molar-refractivity contribution in [3.63, 3.8) is 0 Å². The number of hydrogen-bond acceptors (Lipinski definition) is 10. The summed E-state index contributed by atoms with van der Waals surface area (Å²) < 4.78 is 13.2. The molecule has 2 aromatic heterocycles. The van der Waals surface area contributed by atoms with Crippen LogP contribution in [0, 0.1) is 0 Å². The molecule has 1 fully saturated rings. The second-order valence-corrected chi connectivity index (χ2v) is 11.2. The Morgan fingerprint density at radius 3 is 2.18 bits per heavy atom. The second-order valence-electron chi connectivity index (χ2n) is 11.2. The molecule has 0 bridgehead atoms. The van der Waals surface area contributed by atoms with Crippen molar-refractivity contribution in [3.05, 3.63) is 58.7 Å². The number of aliphatic hydroxyl groups excluding tert-OH is 6. The molecule has 7 rings (SSSR count). The Morgan fingerprint density at radius 2 is 1.55 bits per heavy atom. The van der Waals surface area contributed by atoms with Crippen LogP contribution in [-0.4, -0.2) is 108 Å². The first-order valence-electron chi connectivity index (χ1n) is 14.2. The number of aliphatic hydroxyl groups is 6. The summed E-state index contributed by atoms with van der Waals surface area (Å²) in [6.45, 7) is -1.76. The summed E-state index contributed by atoms with van der Waals surface area (Å²) in [4.78, 5) is 32.3. The number of imide groups is 1. The molecule has 7 N–H and O–H groups in total. The number of nitrogens with zero attached hydrogens (tertiary/aromatic N) is 2. The van der Waals surface area contributed by atoms with E-state index in [1.807, 2.05) is 0 Å². The minimum Gasteiger partial charge on any atom is -0.395 e. The molecule has 230 valence electrons. The lowest BCUT2D eigenvalue weighted by Crippen LogP contribution is -2.57. The van der Waals surface area contributed by atoms with Gasteiger partial charge in [0.25, 0.3) is 11.8 Å². The van der Waals surface area contributed by atoms with Gasteiger partial charge in [-0.3, -0.25) is 14.5 Å². The summed E-state index contributed by atoms with van der Waals surface area (Å²) in [6.07, 6.45) is -6.33. The smallest absolute Gasteiger partial charge is 0.262 e. The molecule has 5 aromatic rings. The van der Waals surface area contributed by atoms with Gasteiger partial charge in [0.15, 0.2) is 6.23 Å². The van der Waals surface area contributed by atoms with Gasteiger partial charge in [0.2, 0.25) is 0 Å². The highest BCUT2D eigenvalue weighted by Crippen LogP contribution is 2.47. The highest BCUT2D eigenvalue weighted by atomic mass is 16.6. The van der Waals surface area contributed by atoms with Gasteiger partial charge in [-0.1, -0.05) is 12.1 Å². The van der Waals surface area contributed by atoms with E-state index >= 15 is 0 Å². The predicted molar refractivity (Wildman–Crippen MR) is 157 cm³/mol. The predicted octanol–water partition coefficient (Wildman–Crippen LogP) is 0.628. The molecule has 1 unspecified atom stereocenters. The molecule has 0 radical (unpaired) electrons. The number of methoxy groups -OCH3 is 1. The van der Waals surface area contributed by atoms with Crippen molar-refractivity contribution in [2.75, 3.05) is 26.9 Å². The number of fused-ring (bicyclic) bond motifs is 10. The van der Waals surface area contributed by atoms with E-state index in [4.69, 9.17) is 9.47 Å². The molecule has 13 nitrogen and oxygen atoms in total. The van der Waals surface area contributed by atoms with Gasteiger partial charge in [0, 0.05) is 34.2 Å². The molecule has 0 spiro atoms. The number of ether oxygens (including phenoxy) is 2. The normalized spacial score (nSPS) is 24.1. The van der Waals surface area contributed by atoms with E-state index in [1.54, 1.807) is 41.0 Å². The number of aromatic amines is 1. The van der Waals surface area contributed by atoms with E-state index in [9.17, 15) is 40.2 Å². The molecule has 1 saturated heterocycles. The van der Waals surface area contributed by atoms with Gasteiger partial charge >= 0.3 is 0 Å². The largest absolute Gasteiger partial charge is 0.395 e. The Balaban J connectivity index is 1.68. The molecular formula is C31H31N3O10. The number of aromatic nitrogens is 2. The van der Waals surface area contributed by atoms with Crippen molar-refractivity contribution < 1.29 is 49.7 Å². The first kappa shape index (κ1) is 28.8. The number of rotatable bonds is 7. The van der Waals surface area contributed by atoms with Crippen LogP contribution in [0.1, 0.15) is 38.1 Å². The third kappa shape index (κ3) is 3.82. The molecular weight excluding hydrogens is 574 g/mol. The van der Waals surface area contributed by atoms with Crippen LogP contribution in [0.4, 0.5) is 0 Å². The minimum atomic E-state index is -1.55. The summed E-state index contributed by atoms with van der Waals surface area (Å²) in [7, 11) is 1.34. The zero-order valence-corrected chi connectivity index (χ0v) is 23.6. The van der Waals surface area contributed by atoms with Gasteiger partial charge in [0.05, 0.1) is 60.6 Å². The maximum atomic E-state index is 14.0. The third-order valence-corrected chi connectivity index (χ3v) is 8.89. The molecule has 13 heteroatoms. The van der Waals surface area contributed by atoms with Crippen molar-refractivity contribution in [3.8, 4) is 0 Å². The van der Waals surface area contributed by atoms with E-state index in [2.05, 4.69) is 4.98 Å². The number of nitrogens with one attached hydrogen (secondary N) is 1. The topological polar surface area (TPSA) is 198 Å². The molecule has 44 heavy (non-hydrogen) atoms. The first-order valence-corrected chi connectivity index (χ1v) is 14.2. The lowest BCUT2D eigenvalue weighted by atomic mass is 9.95. The number of H-pyrrole nitrogens is 1. The second kappa shape index (κ2) is 10.6. The quantitative estimate of drug-likeness (QED) is 0.129. The Hall–Kier alpha value is -3.92. The number of amides is 2. The molecule has 0 saturated carbocycles. The van der Waals surface area contributed by atoms with Gasteiger partial charge in [-0.2, -0.15) is 0 Å². The zero-order valence-electron chi connectivity index (χ0n) is 23.6. The number of hydrogen-bond donors (Lipinski definition) is 7. The molecule has 2 aliphatic rings. The average Bonchev–Trinajstić information content (AvgIpc) is 3.65. The Labute approximate surface area is 249 Å². The summed E-state index contributed by atoms with van der Waals surface area (Å²) in [5.41, 5.74) is 3.19. The highest BCUT2D eigenvalue weighted by Gasteiger charge is 2.47. The van der Waals surface area contributed by atoms with E-state index in [0.29, 0.717) is 54.7 Å². The van der Waals surface area contributed by atoms with Crippen LogP contribution in [0.25, 0.3) is 43.6 Å². The van der Waals surface area contributed by atoms with Crippen LogP contribution in [0.3, 0.4) is 0 Å². The van der Waals surface area contributed by atoms with Crippen molar-refractivity contribution in [2.24, 2.45) is 0 Å². The third-order valence-electron chi connectivity index (χ3n) is 8.89. The van der Waals surface area contributed by atoms with Crippen molar-refractivity contribution >= 4 is 55.4 Å². The Bertz CT molecular complexity index is 1980. The van der Waals surface area contributed by atoms with E-state index in [1.165, 1.54) is 7.11 Å². The van der Waals surface area contributed by atoms with Gasteiger partial charge < -0.3 is 49.7 Å². The summed E-state index contributed by atoms with van der Waals surface area (Å²) in [6, 6.07) is 10.3. The lowest BCUT2D eigenvalue weighted by molar-refractivity contribution is -0.255. The fourth-order valence-electron chi connectivity index (χ4n) is 6.91. The van der Waals surface area contributed by atoms with Crippen LogP contribution in [-0.2, 0) is 22.7 Å². The molecule has 3 aromatic carbocycles. The summed E-state index contributed by atoms with van der Waals surface area (Å²) in [5, 5.41) is 64.1. The fourth-order valence-corrected chi connectivity index (χ4v) is 6.91. The molecule has 2 aliphatic heterocycles. The molecule has 5 atom stereocenters. The molecule has 2 amide bonds. The van der Waals surface area contributed by atoms with Crippen molar-refractivity contribution in [2.45, 2.75) is 43.9 Å². The molecule has 0 aliphatic carbocycles. The van der Waals surface area contributed by atoms with Crippen molar-refractivity contribution in [1.82, 2.24) is 14.5 Å². The Morgan fingerprint density at radius 1 is 0.886 bits per heavy atom. The average molecular weight is 606 g/mol. The van der Waals surface area contributed by atoms with Crippen LogP contribution >= 0.6 is 0 Å². The lowest BCUT2D eigenvalue weighted by Gasteiger charge is -2.42. The Kier molecular flexibility index (Phi) is 6.95. The zero-order chi connectivity index (χ0) is 31.0. The number of carbonyl (C=O) groups excluding carboxylic acids is 2. The summed E-state index contributed by atoms with van der Waals surface area (Å²) in [5.74, 6) is -1.21. The van der Waals surface area contributed by atoms with E-state index in [0.717, 1.165) is 4.90 Å². The molecule has 4 heterocycles. The van der Waals surface area contributed by atoms with Gasteiger partial charge in [-0.15, -0.1) is 0 Å². The van der Waals surface area contributed by atoms with Crippen LogP contribution in [0.2, 0.25) is 0 Å². The van der Waals surface area contributed by atoms with Gasteiger partial charge in [-0.05, 0) is 35.4 Å². The van der Waals surface area contributed by atoms with Crippen LogP contribution < -0.4 is 0 Å². The van der Waals surface area contributed by atoms with E-state index < -0.39 is 55.7 Å². The number of β-amino-alcohol motifs (C(OH)–C–C–N with tert-alkyl or cyclic N) is 1. The van der Waals surface area contributed by atoms with Crippen LogP contribution in [0.5, 0.6) is 0 Å². The number of carbonyl (C=O) groups is 2. The highest BCUT2D eigenvalue weighted by molar-refractivity contribution is 6.39. The standard InChI is InChI=1S/C31H31N3O10/c1-43-28-19(12-38)44-31(27(40)26(28)39)34-18-5-3-14(11-37)9-16(18)21-23-22(29(41)33(6-7-35)30(23)42)20-15-8-13(10-36)2-4-17(15)32-24(20)25(21)34/h2-5,8-9,19,26-28,31-32,35-40H,6-7,10-12H2,1H3/t19-,26-,27-,28-,31?/m1/s1. The van der Waals surface area contributed by atoms with Crippen LogP contribution in [0.15, 0.2) is 36.4 Å². The number of benzene rings is 3. The SMILES string of the molecule is CO[C@H]1[C@H](O)[C@@H](O)C(n2c3ccc(CO)cc3c3c4c(c5c6cc(CO)ccc6[nH]c5c32)C(=O)N(CCO)C4=O)O[C@@H]1CO. The van der Waals surface area contributed by atoms with Gasteiger partial charge in [0.1, 0.15) is 24.4 Å². The maximum absolute atomic E-state index is 14.0. The summed E-state index contributed by atoms with van der Waals surface area (Å²) >= 11 is 0. The first-order chi connectivity index (χ1) is 21.3. The fraction of sp³-hybridized carbons (Fsp3) is 0.355. The van der Waals surface area contributed by atoms with Crippen molar-refractivity contribution in [1.29, 1.82) is 0 Å². The van der Waals surface area contributed by atoms with E-state index in [-0.39, 0.29) is 30.9 Å². The maximum Gasteiger partial charge on any atom is 0.262 e. The minimum absolute atomic E-state index is 0.0828. The van der Waals surface area contributed by atoms with Gasteiger partial charge in [-0.25, -0.2) is 0 Å².